The van der Waals surface area contributed by atoms with Crippen LogP contribution in [0.1, 0.15) is 132 Å². The van der Waals surface area contributed by atoms with E-state index in [-0.39, 0.29) is 58.4 Å². The number of esters is 1. The smallest absolute Gasteiger partial charge is 0.408 e. The molecule has 51 heavy (non-hydrogen) atoms. The molecule has 2 N–H and O–H groups in total. The molecule has 1 aromatic carbocycles. The third-order valence-corrected chi connectivity index (χ3v) is 15.4. The molecule has 6 rings (SSSR count). The van der Waals surface area contributed by atoms with Gasteiger partial charge in [0.2, 0.25) is 0 Å². The van der Waals surface area contributed by atoms with E-state index in [1.165, 1.54) is 5.57 Å². The summed E-state index contributed by atoms with van der Waals surface area (Å²) in [5.41, 5.74) is 0.898. The minimum atomic E-state index is -1.17. The molecular formula is C43H61NO7. The Kier molecular flexibility index (Phi) is 9.40. The molecule has 4 fully saturated rings. The van der Waals surface area contributed by atoms with Crippen LogP contribution in [0.25, 0.3) is 0 Å². The average Bonchev–Trinajstić information content (AvgIpc) is 3.33. The fourth-order valence-corrected chi connectivity index (χ4v) is 12.5. The van der Waals surface area contributed by atoms with E-state index in [0.717, 1.165) is 62.5 Å². The molecule has 1 amide bonds. The number of carbonyl (C=O) groups excluding carboxylic acids is 3. The van der Waals surface area contributed by atoms with Gasteiger partial charge >= 0.3 is 18.0 Å². The average molecular weight is 704 g/mol. The molecule has 5 aliphatic carbocycles. The maximum atomic E-state index is 13.9. The number of nitrogens with one attached hydrogen (secondary N) is 1. The van der Waals surface area contributed by atoms with Crippen LogP contribution in [0.5, 0.6) is 0 Å². The molecule has 4 saturated carbocycles. The van der Waals surface area contributed by atoms with Gasteiger partial charge in [-0.05, 0) is 122 Å². The van der Waals surface area contributed by atoms with E-state index in [4.69, 9.17) is 9.47 Å². The number of ether oxygens (including phenoxy) is 2. The largest absolute Gasteiger partial charge is 0.481 e. The molecule has 0 spiro atoms. The molecule has 0 unspecified atom stereocenters. The second-order valence-corrected chi connectivity index (χ2v) is 19.2. The fraction of sp³-hybridized carbons (Fsp3) is 0.721. The van der Waals surface area contributed by atoms with Crippen LogP contribution < -0.4 is 5.32 Å². The number of rotatable bonds is 8. The first-order valence-corrected chi connectivity index (χ1v) is 19.4. The van der Waals surface area contributed by atoms with Crippen molar-refractivity contribution >= 4 is 23.8 Å². The zero-order chi connectivity index (χ0) is 37.4. The normalized spacial score (nSPS) is 37.1. The maximum Gasteiger partial charge on any atom is 0.408 e. The minimum Gasteiger partial charge on any atom is -0.481 e. The summed E-state index contributed by atoms with van der Waals surface area (Å²) < 4.78 is 11.9. The van der Waals surface area contributed by atoms with Crippen LogP contribution in [0.15, 0.2) is 41.5 Å². The van der Waals surface area contributed by atoms with E-state index in [1.54, 1.807) is 13.8 Å². The molecule has 1 aromatic rings. The van der Waals surface area contributed by atoms with Crippen LogP contribution in [0.2, 0.25) is 0 Å². The van der Waals surface area contributed by atoms with Crippen molar-refractivity contribution in [2.45, 2.75) is 145 Å². The van der Waals surface area contributed by atoms with Gasteiger partial charge in [-0.3, -0.25) is 14.4 Å². The molecule has 0 heterocycles. The van der Waals surface area contributed by atoms with Gasteiger partial charge in [-0.1, -0.05) is 78.8 Å². The van der Waals surface area contributed by atoms with Crippen molar-refractivity contribution in [2.75, 3.05) is 0 Å². The summed E-state index contributed by atoms with van der Waals surface area (Å²) in [6.45, 7) is 19.6. The second-order valence-electron chi connectivity index (χ2n) is 19.2. The van der Waals surface area contributed by atoms with Crippen LogP contribution in [-0.2, 0) is 30.5 Å². The number of ketones is 1. The number of hydrogen-bond acceptors (Lipinski definition) is 6. The third-order valence-electron chi connectivity index (χ3n) is 15.4. The summed E-state index contributed by atoms with van der Waals surface area (Å²) in [6, 6.07) is 9.68. The highest BCUT2D eigenvalue weighted by Crippen LogP contribution is 2.76. The summed E-state index contributed by atoms with van der Waals surface area (Å²) in [5, 5.41) is 12.9. The lowest BCUT2D eigenvalue weighted by atomic mass is 9.33. The van der Waals surface area contributed by atoms with Crippen molar-refractivity contribution < 1.29 is 33.8 Å². The van der Waals surface area contributed by atoms with Crippen molar-refractivity contribution in [3.63, 3.8) is 0 Å². The first kappa shape index (κ1) is 37.6. The monoisotopic (exact) mass is 703 g/mol. The number of carboxylic acids is 1. The van der Waals surface area contributed by atoms with Gasteiger partial charge in [0.05, 0.1) is 17.4 Å². The Morgan fingerprint density at radius 2 is 1.59 bits per heavy atom. The van der Waals surface area contributed by atoms with Gasteiger partial charge in [-0.25, -0.2) is 4.79 Å². The molecular weight excluding hydrogens is 642 g/mol. The second kappa shape index (κ2) is 12.8. The molecule has 0 radical (unpaired) electrons. The topological polar surface area (TPSA) is 119 Å². The molecule has 0 aliphatic heterocycles. The van der Waals surface area contributed by atoms with Crippen molar-refractivity contribution in [3.8, 4) is 0 Å². The Hall–Kier alpha value is -3.16. The van der Waals surface area contributed by atoms with Crippen LogP contribution in [0.3, 0.4) is 0 Å². The number of Topliss-reactive ketones (excluding diaryl/α,β-unsaturated/α-hetero) is 1. The Morgan fingerprint density at radius 3 is 2.24 bits per heavy atom. The molecule has 8 nitrogen and oxygen atoms in total. The highest BCUT2D eigenvalue weighted by Gasteiger charge is 2.70. The Balaban J connectivity index is 1.26. The van der Waals surface area contributed by atoms with E-state index in [2.05, 4.69) is 53.8 Å². The van der Waals surface area contributed by atoms with E-state index in [0.29, 0.717) is 18.3 Å². The lowest BCUT2D eigenvalue weighted by Gasteiger charge is -2.72. The standard InChI is InChI=1S/C43H61NO7/c1-26(2)34-29(45)23-43(44-37(49)50-25-27-13-11-10-12-14-27)22-21-41(8)28(35(34)43)15-16-31-40(7)19-18-32(51-33(46)24-38(3,4)36(47)48)39(5,6)30(40)17-20-42(31,41)9/h10-14,26,28,30-32H,15-25H2,1-9H3,(H,44,49)(H,47,48)/t28-,30+,31-,32+,40+,41-,42-,43-/m1/s1. The number of carboxylic acid groups (broad SMARTS) is 1. The van der Waals surface area contributed by atoms with Gasteiger partial charge < -0.3 is 19.9 Å². The fourth-order valence-electron chi connectivity index (χ4n) is 12.5. The van der Waals surface area contributed by atoms with Gasteiger partial charge in [0.1, 0.15) is 12.7 Å². The van der Waals surface area contributed by atoms with E-state index in [9.17, 15) is 24.3 Å². The van der Waals surface area contributed by atoms with Gasteiger partial charge in [-0.15, -0.1) is 0 Å². The number of benzene rings is 1. The summed E-state index contributed by atoms with van der Waals surface area (Å²) >= 11 is 0. The summed E-state index contributed by atoms with van der Waals surface area (Å²) in [6.07, 6.45) is 6.92. The van der Waals surface area contributed by atoms with Crippen LogP contribution in [0, 0.1) is 50.7 Å². The highest BCUT2D eigenvalue weighted by molar-refractivity contribution is 6.02. The third kappa shape index (κ3) is 5.95. The Bertz CT molecular complexity index is 1610. The highest BCUT2D eigenvalue weighted by atomic mass is 16.6. The molecule has 8 heteroatoms. The Morgan fingerprint density at radius 1 is 0.902 bits per heavy atom. The van der Waals surface area contributed by atoms with Crippen LogP contribution in [0.4, 0.5) is 4.79 Å². The SMILES string of the molecule is CC(C)C1=C2[C@H]3CC[C@@H]4[C@@]5(C)CC[C@H](OC(=O)CC(C)(C)C(=O)O)C(C)(C)[C@@H]5CC[C@@]4(C)[C@]3(C)CC[C@@]2(NC(=O)OCc2ccccc2)CC1=O. The lowest BCUT2D eigenvalue weighted by Crippen LogP contribution is -2.67. The number of aliphatic carboxylic acids is 1. The zero-order valence-electron chi connectivity index (χ0n) is 32.4. The number of amides is 1. The molecule has 280 valence electrons. The molecule has 0 saturated heterocycles. The van der Waals surface area contributed by atoms with Crippen molar-refractivity contribution in [3.05, 3.63) is 47.0 Å². The lowest BCUT2D eigenvalue weighted by molar-refractivity contribution is -0.232. The minimum absolute atomic E-state index is 0.0208. The van der Waals surface area contributed by atoms with Crippen molar-refractivity contribution in [1.29, 1.82) is 0 Å². The molecule has 0 aromatic heterocycles. The molecule has 8 atom stereocenters. The predicted molar refractivity (Wildman–Crippen MR) is 195 cm³/mol. The van der Waals surface area contributed by atoms with Gasteiger partial charge in [0.15, 0.2) is 5.78 Å². The van der Waals surface area contributed by atoms with Crippen molar-refractivity contribution in [1.82, 2.24) is 5.32 Å². The molecule has 0 bridgehead atoms. The van der Waals surface area contributed by atoms with Crippen molar-refractivity contribution in [2.24, 2.45) is 50.7 Å². The zero-order valence-corrected chi connectivity index (χ0v) is 32.4. The number of hydrogen-bond donors (Lipinski definition) is 2. The van der Waals surface area contributed by atoms with Gasteiger partial charge in [0, 0.05) is 11.8 Å². The predicted octanol–water partition coefficient (Wildman–Crippen LogP) is 9.06. The Labute approximate surface area is 304 Å². The van der Waals surface area contributed by atoms with E-state index in [1.807, 2.05) is 30.3 Å². The summed E-state index contributed by atoms with van der Waals surface area (Å²) in [5.74, 6) is -0.194. The first-order valence-electron chi connectivity index (χ1n) is 19.4. The number of carbonyl (C=O) groups is 4. The van der Waals surface area contributed by atoms with Crippen LogP contribution in [-0.4, -0.2) is 40.6 Å². The van der Waals surface area contributed by atoms with Gasteiger partial charge in [-0.2, -0.15) is 0 Å². The van der Waals surface area contributed by atoms with E-state index >= 15 is 0 Å². The van der Waals surface area contributed by atoms with Crippen LogP contribution >= 0.6 is 0 Å². The first-order chi connectivity index (χ1) is 23.7. The quantitative estimate of drug-likeness (QED) is 0.259. The summed E-state index contributed by atoms with van der Waals surface area (Å²) in [7, 11) is 0. The summed E-state index contributed by atoms with van der Waals surface area (Å²) in [4.78, 5) is 52.2. The molecule has 5 aliphatic rings. The maximum absolute atomic E-state index is 13.9. The number of allylic oxidation sites excluding steroid dienone is 1. The van der Waals surface area contributed by atoms with E-state index < -0.39 is 29.0 Å². The number of fused-ring (bicyclic) bond motifs is 7. The van der Waals surface area contributed by atoms with Gasteiger partial charge in [0.25, 0.3) is 0 Å². The number of alkyl carbamates (subject to hydrolysis) is 1.